The number of rotatable bonds is 1. The van der Waals surface area contributed by atoms with Crippen molar-refractivity contribution in [3.05, 3.63) is 33.3 Å². The van der Waals surface area contributed by atoms with Crippen LogP contribution in [0.15, 0.2) is 12.1 Å². The van der Waals surface area contributed by atoms with E-state index in [9.17, 15) is 4.79 Å². The number of fused-ring (bicyclic) bond motifs is 1. The standard InChI is InChI=1S/C11H9Cl4NO/c12-8-2-1-6-3-4-16(11(17)10(14)15)5-7(6)9(8)13/h1-2,10H,3-5H2. The molecule has 1 amide bonds. The largest absolute Gasteiger partial charge is 0.336 e. The normalized spacial score (nSPS) is 15.0. The molecule has 0 aromatic heterocycles. The van der Waals surface area contributed by atoms with Crippen LogP contribution in [0.2, 0.25) is 10.0 Å². The molecule has 1 heterocycles. The molecule has 1 aromatic carbocycles. The second-order valence-corrected chi connectivity index (χ2v) is 5.69. The second-order valence-electron chi connectivity index (χ2n) is 3.81. The van der Waals surface area contributed by atoms with Gasteiger partial charge in [0.25, 0.3) is 5.91 Å². The van der Waals surface area contributed by atoms with Crippen molar-refractivity contribution < 1.29 is 4.79 Å². The van der Waals surface area contributed by atoms with Crippen LogP contribution in [0, 0.1) is 0 Å². The van der Waals surface area contributed by atoms with Gasteiger partial charge in [0.05, 0.1) is 10.0 Å². The van der Waals surface area contributed by atoms with Crippen LogP contribution >= 0.6 is 46.4 Å². The molecule has 1 aromatic rings. The van der Waals surface area contributed by atoms with Gasteiger partial charge in [-0.15, -0.1) is 0 Å². The van der Waals surface area contributed by atoms with E-state index in [1.165, 1.54) is 0 Å². The van der Waals surface area contributed by atoms with Crippen molar-refractivity contribution >= 4 is 52.3 Å². The highest BCUT2D eigenvalue weighted by Crippen LogP contribution is 2.32. The summed E-state index contributed by atoms with van der Waals surface area (Å²) in [6.45, 7) is 1.00. The molecule has 2 rings (SSSR count). The first kappa shape index (κ1) is 13.3. The second kappa shape index (κ2) is 5.23. The average molecular weight is 313 g/mol. The van der Waals surface area contributed by atoms with Crippen LogP contribution in [0.1, 0.15) is 11.1 Å². The summed E-state index contributed by atoms with van der Waals surface area (Å²) in [5.41, 5.74) is 2.00. The van der Waals surface area contributed by atoms with Crippen LogP contribution in [-0.2, 0) is 17.8 Å². The van der Waals surface area contributed by atoms with Gasteiger partial charge >= 0.3 is 0 Å². The van der Waals surface area contributed by atoms with E-state index in [2.05, 4.69) is 0 Å². The highest BCUT2D eigenvalue weighted by Gasteiger charge is 2.26. The van der Waals surface area contributed by atoms with E-state index < -0.39 is 4.84 Å². The van der Waals surface area contributed by atoms with Gasteiger partial charge in [0, 0.05) is 13.1 Å². The van der Waals surface area contributed by atoms with Crippen molar-refractivity contribution in [3.63, 3.8) is 0 Å². The maximum atomic E-state index is 11.7. The van der Waals surface area contributed by atoms with Gasteiger partial charge in [-0.25, -0.2) is 0 Å². The molecular weight excluding hydrogens is 304 g/mol. The lowest BCUT2D eigenvalue weighted by Gasteiger charge is -2.30. The smallest absolute Gasteiger partial charge is 0.256 e. The third-order valence-electron chi connectivity index (χ3n) is 2.79. The zero-order valence-corrected chi connectivity index (χ0v) is 11.7. The number of benzene rings is 1. The maximum absolute atomic E-state index is 11.7. The zero-order chi connectivity index (χ0) is 12.6. The van der Waals surface area contributed by atoms with Crippen LogP contribution in [0.3, 0.4) is 0 Å². The number of amides is 1. The predicted octanol–water partition coefficient (Wildman–Crippen LogP) is 3.68. The van der Waals surface area contributed by atoms with Crippen molar-refractivity contribution in [2.75, 3.05) is 6.54 Å². The molecule has 0 radical (unpaired) electrons. The van der Waals surface area contributed by atoms with Gasteiger partial charge in [-0.2, -0.15) is 0 Å². The minimum atomic E-state index is -1.03. The summed E-state index contributed by atoms with van der Waals surface area (Å²) in [5, 5.41) is 0.996. The van der Waals surface area contributed by atoms with Gasteiger partial charge in [0.1, 0.15) is 0 Å². The lowest BCUT2D eigenvalue weighted by atomic mass is 10.00. The Morgan fingerprint density at radius 2 is 2.00 bits per heavy atom. The van der Waals surface area contributed by atoms with E-state index in [1.54, 1.807) is 11.0 Å². The van der Waals surface area contributed by atoms with Gasteiger partial charge in [-0.1, -0.05) is 52.5 Å². The van der Waals surface area contributed by atoms with Crippen LogP contribution in [0.25, 0.3) is 0 Å². The summed E-state index contributed by atoms with van der Waals surface area (Å²) >= 11 is 23.2. The summed E-state index contributed by atoms with van der Waals surface area (Å²) in [4.78, 5) is 12.2. The Morgan fingerprint density at radius 3 is 2.65 bits per heavy atom. The zero-order valence-electron chi connectivity index (χ0n) is 8.72. The first-order valence-electron chi connectivity index (χ1n) is 5.03. The summed E-state index contributed by atoms with van der Waals surface area (Å²) in [7, 11) is 0. The van der Waals surface area contributed by atoms with Crippen molar-refractivity contribution in [2.45, 2.75) is 17.8 Å². The summed E-state index contributed by atoms with van der Waals surface area (Å²) in [6, 6.07) is 3.70. The molecule has 17 heavy (non-hydrogen) atoms. The number of alkyl halides is 2. The molecule has 0 atom stereocenters. The van der Waals surface area contributed by atoms with Gasteiger partial charge in [-0.05, 0) is 23.6 Å². The molecule has 1 aliphatic heterocycles. The van der Waals surface area contributed by atoms with Gasteiger partial charge in [0.2, 0.25) is 0 Å². The molecule has 6 heteroatoms. The van der Waals surface area contributed by atoms with Crippen LogP contribution < -0.4 is 0 Å². The Hall–Kier alpha value is -0.150. The van der Waals surface area contributed by atoms with Crippen molar-refractivity contribution in [2.24, 2.45) is 0 Å². The number of carbonyl (C=O) groups excluding carboxylic acids is 1. The van der Waals surface area contributed by atoms with Gasteiger partial charge in [-0.3, -0.25) is 4.79 Å². The molecule has 0 saturated carbocycles. The Balaban J connectivity index is 2.29. The SMILES string of the molecule is O=C(C(Cl)Cl)N1CCc2ccc(Cl)c(Cl)c2C1. The highest BCUT2D eigenvalue weighted by molar-refractivity contribution is 6.53. The molecule has 0 N–H and O–H groups in total. The Kier molecular flexibility index (Phi) is 4.09. The molecule has 2 nitrogen and oxygen atoms in total. The fraction of sp³-hybridized carbons (Fsp3) is 0.364. The quantitative estimate of drug-likeness (QED) is 0.724. The molecule has 0 aliphatic carbocycles. The van der Waals surface area contributed by atoms with Gasteiger partial charge in [0.15, 0.2) is 4.84 Å². The Labute approximate surface area is 119 Å². The average Bonchev–Trinajstić information content (AvgIpc) is 2.32. The fourth-order valence-electron chi connectivity index (χ4n) is 1.89. The molecule has 92 valence electrons. The summed E-state index contributed by atoms with van der Waals surface area (Å²) in [5.74, 6) is -0.296. The predicted molar refractivity (Wildman–Crippen MR) is 71.1 cm³/mol. The van der Waals surface area contributed by atoms with E-state index >= 15 is 0 Å². The van der Waals surface area contributed by atoms with Crippen LogP contribution in [0.5, 0.6) is 0 Å². The molecule has 0 spiro atoms. The molecule has 0 saturated heterocycles. The van der Waals surface area contributed by atoms with Crippen molar-refractivity contribution in [1.29, 1.82) is 0 Å². The maximum Gasteiger partial charge on any atom is 0.256 e. The lowest BCUT2D eigenvalue weighted by molar-refractivity contribution is -0.130. The molecule has 0 fully saturated rings. The minimum Gasteiger partial charge on any atom is -0.336 e. The minimum absolute atomic E-state index is 0.296. The van der Waals surface area contributed by atoms with Crippen LogP contribution in [0.4, 0.5) is 0 Å². The van der Waals surface area contributed by atoms with E-state index in [-0.39, 0.29) is 5.91 Å². The first-order chi connectivity index (χ1) is 8.00. The number of carbonyl (C=O) groups is 1. The molecule has 0 unspecified atom stereocenters. The lowest BCUT2D eigenvalue weighted by Crippen LogP contribution is -2.39. The Morgan fingerprint density at radius 1 is 1.29 bits per heavy atom. The third-order valence-corrected chi connectivity index (χ3v) is 4.01. The van der Waals surface area contributed by atoms with E-state index in [0.29, 0.717) is 23.1 Å². The summed E-state index contributed by atoms with van der Waals surface area (Å²) < 4.78 is 0. The first-order valence-corrected chi connectivity index (χ1v) is 6.66. The molecule has 1 aliphatic rings. The fourth-order valence-corrected chi connectivity index (χ4v) is 2.59. The monoisotopic (exact) mass is 311 g/mol. The number of hydrogen-bond acceptors (Lipinski definition) is 1. The number of nitrogens with zero attached hydrogens (tertiary/aromatic N) is 1. The van der Waals surface area contributed by atoms with E-state index in [1.807, 2.05) is 6.07 Å². The topological polar surface area (TPSA) is 20.3 Å². The Bertz CT molecular complexity index is 461. The van der Waals surface area contributed by atoms with Crippen molar-refractivity contribution in [1.82, 2.24) is 4.90 Å². The number of halogens is 4. The molecule has 0 bridgehead atoms. The summed E-state index contributed by atoms with van der Waals surface area (Å²) in [6.07, 6.45) is 0.735. The van der Waals surface area contributed by atoms with E-state index in [0.717, 1.165) is 17.5 Å². The number of hydrogen-bond donors (Lipinski definition) is 0. The highest BCUT2D eigenvalue weighted by atomic mass is 35.5. The van der Waals surface area contributed by atoms with Gasteiger partial charge < -0.3 is 4.90 Å². The van der Waals surface area contributed by atoms with E-state index in [4.69, 9.17) is 46.4 Å². The van der Waals surface area contributed by atoms with Crippen LogP contribution in [-0.4, -0.2) is 22.2 Å². The molecular formula is C11H9Cl4NO. The third kappa shape index (κ3) is 2.65. The van der Waals surface area contributed by atoms with Crippen molar-refractivity contribution in [3.8, 4) is 0 Å².